The van der Waals surface area contributed by atoms with Crippen molar-refractivity contribution in [2.75, 3.05) is 7.11 Å². The van der Waals surface area contributed by atoms with Crippen molar-refractivity contribution in [2.24, 2.45) is 0 Å². The maximum atomic E-state index is 13.5. The largest absolute Gasteiger partial charge is 0.507 e. The molecule has 0 aliphatic carbocycles. The van der Waals surface area contributed by atoms with Gasteiger partial charge in [0.15, 0.2) is 17.8 Å². The fourth-order valence-corrected chi connectivity index (χ4v) is 4.79. The Kier molecular flexibility index (Phi) is 6.80. The Balaban J connectivity index is 2.09. The van der Waals surface area contributed by atoms with Crippen molar-refractivity contribution in [1.82, 2.24) is 0 Å². The molecule has 4 rings (SSSR count). The van der Waals surface area contributed by atoms with Gasteiger partial charge >= 0.3 is 17.9 Å². The summed E-state index contributed by atoms with van der Waals surface area (Å²) in [5.74, 6) is -6.87. The Morgan fingerprint density at radius 3 is 2.08 bits per heavy atom. The van der Waals surface area contributed by atoms with Crippen molar-refractivity contribution >= 4 is 24.2 Å². The zero-order valence-corrected chi connectivity index (χ0v) is 22.0. The van der Waals surface area contributed by atoms with Crippen LogP contribution in [0.2, 0.25) is 0 Å². The first-order valence-corrected chi connectivity index (χ1v) is 11.7. The van der Waals surface area contributed by atoms with Crippen molar-refractivity contribution < 1.29 is 58.9 Å². The summed E-state index contributed by atoms with van der Waals surface area (Å²) in [6.45, 7) is 5.45. The van der Waals surface area contributed by atoms with Gasteiger partial charge in [0.1, 0.15) is 51.0 Å². The number of methoxy groups -OCH3 is 1. The molecule has 1 heterocycles. The minimum Gasteiger partial charge on any atom is -0.507 e. The van der Waals surface area contributed by atoms with Crippen LogP contribution in [0.25, 0.3) is 0 Å². The lowest BCUT2D eigenvalue weighted by molar-refractivity contribution is 0.0594. The number of carboxylic acids is 1. The van der Waals surface area contributed by atoms with Gasteiger partial charge in [0, 0.05) is 28.7 Å². The zero-order valence-electron chi connectivity index (χ0n) is 22.0. The van der Waals surface area contributed by atoms with E-state index < -0.39 is 58.5 Å². The van der Waals surface area contributed by atoms with Crippen LogP contribution in [0.3, 0.4) is 0 Å². The van der Waals surface area contributed by atoms with Gasteiger partial charge in [0.25, 0.3) is 0 Å². The summed E-state index contributed by atoms with van der Waals surface area (Å²) < 4.78 is 16.2. The van der Waals surface area contributed by atoms with Crippen LogP contribution in [-0.2, 0) is 11.2 Å². The van der Waals surface area contributed by atoms with E-state index in [4.69, 9.17) is 14.2 Å². The normalized spacial score (nSPS) is 12.0. The average Bonchev–Trinajstić information content (AvgIpc) is 3.04. The summed E-state index contributed by atoms with van der Waals surface area (Å²) in [7, 11) is 1.09. The molecule has 0 radical (unpaired) electrons. The van der Waals surface area contributed by atoms with Gasteiger partial charge in [-0.2, -0.15) is 0 Å². The molecule has 5 N–H and O–H groups in total. The predicted octanol–water partition coefficient (Wildman–Crippen LogP) is 3.96. The maximum absolute atomic E-state index is 13.5. The summed E-state index contributed by atoms with van der Waals surface area (Å²) in [5, 5.41) is 52.8. The van der Waals surface area contributed by atoms with Gasteiger partial charge in [-0.05, 0) is 44.9 Å². The molecule has 12 heteroatoms. The lowest BCUT2D eigenvalue weighted by Crippen LogP contribution is -2.16. The highest BCUT2D eigenvalue weighted by Gasteiger charge is 2.37. The smallest absolute Gasteiger partial charge is 0.347 e. The summed E-state index contributed by atoms with van der Waals surface area (Å²) in [6.07, 6.45) is -0.257. The summed E-state index contributed by atoms with van der Waals surface area (Å²) >= 11 is 0. The molecule has 3 aromatic carbocycles. The second-order valence-electron chi connectivity index (χ2n) is 9.20. The Morgan fingerprint density at radius 2 is 1.50 bits per heavy atom. The van der Waals surface area contributed by atoms with E-state index in [2.05, 4.69) is 0 Å². The molecule has 0 spiro atoms. The first-order valence-electron chi connectivity index (χ1n) is 11.7. The topological polar surface area (TPSA) is 197 Å². The number of aldehydes is 1. The van der Waals surface area contributed by atoms with Crippen LogP contribution in [0.5, 0.6) is 40.2 Å². The molecule has 12 nitrogen and oxygen atoms in total. The Labute approximate surface area is 226 Å². The first-order chi connectivity index (χ1) is 18.8. The second-order valence-corrected chi connectivity index (χ2v) is 9.20. The number of phenolic OH excluding ortho intramolecular Hbond substituents is 3. The molecule has 0 atom stereocenters. The number of fused-ring (bicyclic) bond motifs is 2. The first kappa shape index (κ1) is 27.8. The number of carbonyl (C=O) groups is 4. The fraction of sp³-hybridized carbons (Fsp3) is 0.214. The van der Waals surface area contributed by atoms with E-state index in [0.29, 0.717) is 0 Å². The molecule has 0 aromatic heterocycles. The number of hydrogen-bond donors (Lipinski definition) is 5. The quantitative estimate of drug-likeness (QED) is 0.174. The van der Waals surface area contributed by atoms with E-state index >= 15 is 0 Å². The molecule has 208 valence electrons. The van der Waals surface area contributed by atoms with E-state index in [0.717, 1.165) is 7.11 Å². The van der Waals surface area contributed by atoms with Crippen molar-refractivity contribution in [3.63, 3.8) is 0 Å². The highest BCUT2D eigenvalue weighted by atomic mass is 16.6. The SMILES string of the molecule is COC(=O)c1c(C)c(Cc2c(O)c(C(=O)O)c(C)c3c2C(=O)Oc2c(C)cc(O)c(C=O)c2O3)c(O)c(C)c1O. The lowest BCUT2D eigenvalue weighted by Gasteiger charge is -2.21. The van der Waals surface area contributed by atoms with Crippen LogP contribution in [0.15, 0.2) is 6.07 Å². The van der Waals surface area contributed by atoms with E-state index in [1.54, 1.807) is 0 Å². The zero-order chi connectivity index (χ0) is 29.8. The van der Waals surface area contributed by atoms with Crippen LogP contribution in [0.1, 0.15) is 74.8 Å². The molecule has 40 heavy (non-hydrogen) atoms. The van der Waals surface area contributed by atoms with Crippen LogP contribution in [0.4, 0.5) is 0 Å². The molecule has 0 saturated heterocycles. The number of hydrogen-bond acceptors (Lipinski definition) is 11. The number of esters is 2. The van der Waals surface area contributed by atoms with E-state index in [9.17, 15) is 44.7 Å². The number of aryl methyl sites for hydroxylation is 1. The van der Waals surface area contributed by atoms with Gasteiger partial charge in [-0.15, -0.1) is 0 Å². The third kappa shape index (κ3) is 4.01. The average molecular weight is 552 g/mol. The highest BCUT2D eigenvalue weighted by Crippen LogP contribution is 2.50. The van der Waals surface area contributed by atoms with Gasteiger partial charge in [0.2, 0.25) is 0 Å². The number of carbonyl (C=O) groups excluding carboxylic acids is 3. The summed E-state index contributed by atoms with van der Waals surface area (Å²) in [4.78, 5) is 50.0. The van der Waals surface area contributed by atoms with Crippen LogP contribution >= 0.6 is 0 Å². The van der Waals surface area contributed by atoms with Gasteiger partial charge in [-0.25, -0.2) is 14.4 Å². The number of ether oxygens (including phenoxy) is 3. The standard InChI is InChI=1S/C28H24O12/c1-9-6-16(30)15(8-29)25-23(9)40-28(37)19-14(22(33)17(26(34)35)11(3)24(19)39-25)7-13-10(2)18(27(36)38-5)21(32)12(4)20(13)31/h6,8,30-33H,7H2,1-5H3,(H,34,35). The van der Waals surface area contributed by atoms with Crippen molar-refractivity contribution in [1.29, 1.82) is 0 Å². The minimum absolute atomic E-state index is 0.0354. The molecule has 0 saturated carbocycles. The van der Waals surface area contributed by atoms with E-state index in [1.807, 2.05) is 0 Å². The van der Waals surface area contributed by atoms with Gasteiger partial charge in [-0.3, -0.25) is 4.79 Å². The molecule has 0 bridgehead atoms. The second kappa shape index (κ2) is 9.80. The molecular weight excluding hydrogens is 528 g/mol. The fourth-order valence-electron chi connectivity index (χ4n) is 4.79. The molecule has 3 aromatic rings. The maximum Gasteiger partial charge on any atom is 0.347 e. The van der Waals surface area contributed by atoms with E-state index in [1.165, 1.54) is 33.8 Å². The third-order valence-corrected chi connectivity index (χ3v) is 6.94. The van der Waals surface area contributed by atoms with Crippen molar-refractivity contribution in [3.05, 3.63) is 61.7 Å². The number of phenols is 4. The summed E-state index contributed by atoms with van der Waals surface area (Å²) in [6, 6.07) is 1.18. The Morgan fingerprint density at radius 1 is 0.850 bits per heavy atom. The summed E-state index contributed by atoms with van der Waals surface area (Å²) in [5.41, 5.74) is -2.13. The molecule has 0 amide bonds. The minimum atomic E-state index is -1.58. The van der Waals surface area contributed by atoms with E-state index in [-0.39, 0.29) is 68.0 Å². The number of carboxylic acid groups (broad SMARTS) is 1. The molecule has 0 fully saturated rings. The number of aromatic carboxylic acids is 1. The molecule has 0 unspecified atom stereocenters. The third-order valence-electron chi connectivity index (χ3n) is 6.94. The van der Waals surface area contributed by atoms with Gasteiger partial charge in [-0.1, -0.05) is 0 Å². The molecule has 1 aliphatic rings. The number of rotatable bonds is 5. The monoisotopic (exact) mass is 552 g/mol. The highest BCUT2D eigenvalue weighted by molar-refractivity contribution is 6.04. The molecule has 1 aliphatic heterocycles. The lowest BCUT2D eigenvalue weighted by atomic mass is 9.87. The van der Waals surface area contributed by atoms with Crippen LogP contribution < -0.4 is 9.47 Å². The Hall–Kier alpha value is -5.26. The predicted molar refractivity (Wildman–Crippen MR) is 136 cm³/mol. The number of aromatic hydroxyl groups is 4. The number of benzene rings is 3. The van der Waals surface area contributed by atoms with Crippen molar-refractivity contribution in [2.45, 2.75) is 34.1 Å². The van der Waals surface area contributed by atoms with Crippen LogP contribution in [0, 0.1) is 27.7 Å². The van der Waals surface area contributed by atoms with Crippen LogP contribution in [-0.4, -0.2) is 56.8 Å². The van der Waals surface area contributed by atoms with Crippen molar-refractivity contribution in [3.8, 4) is 40.2 Å². The van der Waals surface area contributed by atoms with Gasteiger partial charge in [0.05, 0.1) is 7.11 Å². The Bertz CT molecular complexity index is 1670. The van der Waals surface area contributed by atoms with Gasteiger partial charge < -0.3 is 39.7 Å². The molecular formula is C28H24O12.